The van der Waals surface area contributed by atoms with Crippen molar-refractivity contribution >= 4 is 29.2 Å². The van der Waals surface area contributed by atoms with E-state index in [-0.39, 0.29) is 23.1 Å². The molecule has 1 amide bonds. The Bertz CT molecular complexity index is 1130. The first-order valence-corrected chi connectivity index (χ1v) is 10.1. The number of benzene rings is 2. The predicted molar refractivity (Wildman–Crippen MR) is 124 cm³/mol. The van der Waals surface area contributed by atoms with Gasteiger partial charge in [0.25, 0.3) is 5.91 Å². The molecule has 3 aromatic rings. The Morgan fingerprint density at radius 2 is 1.79 bits per heavy atom. The summed E-state index contributed by atoms with van der Waals surface area (Å²) in [7, 11) is 4.39. The molecule has 0 saturated heterocycles. The van der Waals surface area contributed by atoms with Gasteiger partial charge in [0.05, 0.1) is 38.6 Å². The Balaban J connectivity index is 1.90. The Morgan fingerprint density at radius 3 is 2.36 bits per heavy atom. The number of aromatic nitrogens is 1. The Kier molecular flexibility index (Phi) is 8.04. The summed E-state index contributed by atoms with van der Waals surface area (Å²) in [5, 5.41) is 5.59. The number of carbonyl (C=O) groups is 1. The lowest BCUT2D eigenvalue weighted by atomic mass is 10.1. The normalized spacial score (nSPS) is 11.0. The zero-order chi connectivity index (χ0) is 23.8. The van der Waals surface area contributed by atoms with Crippen LogP contribution in [0.4, 0.5) is 10.1 Å². The van der Waals surface area contributed by atoms with Crippen molar-refractivity contribution in [3.63, 3.8) is 0 Å². The van der Waals surface area contributed by atoms with Gasteiger partial charge >= 0.3 is 0 Å². The van der Waals surface area contributed by atoms with Gasteiger partial charge in [-0.1, -0.05) is 17.7 Å². The highest BCUT2D eigenvalue weighted by Gasteiger charge is 2.18. The summed E-state index contributed by atoms with van der Waals surface area (Å²) < 4.78 is 29.5. The highest BCUT2D eigenvalue weighted by molar-refractivity contribution is 6.31. The van der Waals surface area contributed by atoms with Crippen molar-refractivity contribution in [2.75, 3.05) is 26.6 Å². The number of guanidine groups is 1. The van der Waals surface area contributed by atoms with Crippen molar-refractivity contribution in [2.24, 2.45) is 4.99 Å². The molecule has 1 heterocycles. The fourth-order valence-corrected chi connectivity index (χ4v) is 3.05. The maximum absolute atomic E-state index is 13.5. The van der Waals surface area contributed by atoms with E-state index in [0.717, 1.165) is 0 Å². The number of carbonyl (C=O) groups excluding carboxylic acids is 1. The van der Waals surface area contributed by atoms with Crippen LogP contribution in [0.1, 0.15) is 16.1 Å². The second-order valence-corrected chi connectivity index (χ2v) is 7.02. The van der Waals surface area contributed by atoms with Gasteiger partial charge in [-0.3, -0.25) is 15.1 Å². The number of anilines is 1. The summed E-state index contributed by atoms with van der Waals surface area (Å²) in [6.45, 7) is 0.188. The molecule has 172 valence electrons. The number of amides is 1. The average molecular weight is 473 g/mol. The van der Waals surface area contributed by atoms with Gasteiger partial charge in [0, 0.05) is 17.4 Å². The molecule has 0 atom stereocenters. The molecule has 1 aromatic heterocycles. The minimum absolute atomic E-state index is 0.0694. The molecule has 0 fully saturated rings. The summed E-state index contributed by atoms with van der Waals surface area (Å²) in [5.74, 6) is 0.0756. The molecule has 2 N–H and O–H groups in total. The molecule has 33 heavy (non-hydrogen) atoms. The summed E-state index contributed by atoms with van der Waals surface area (Å²) in [5.41, 5.74) is 1.37. The lowest BCUT2D eigenvalue weighted by Gasteiger charge is -2.15. The van der Waals surface area contributed by atoms with Crippen LogP contribution in [0.25, 0.3) is 0 Å². The zero-order valence-electron chi connectivity index (χ0n) is 18.2. The largest absolute Gasteiger partial charge is 0.493 e. The van der Waals surface area contributed by atoms with Crippen LogP contribution in [0, 0.1) is 5.82 Å². The third-order valence-electron chi connectivity index (χ3n) is 4.47. The van der Waals surface area contributed by atoms with E-state index >= 15 is 0 Å². The lowest BCUT2D eigenvalue weighted by Crippen LogP contribution is -2.36. The molecule has 10 heteroatoms. The number of rotatable bonds is 7. The van der Waals surface area contributed by atoms with E-state index in [1.54, 1.807) is 18.3 Å². The first-order valence-electron chi connectivity index (χ1n) is 9.73. The van der Waals surface area contributed by atoms with Crippen LogP contribution in [-0.4, -0.2) is 38.2 Å². The van der Waals surface area contributed by atoms with Crippen LogP contribution in [0.3, 0.4) is 0 Å². The summed E-state index contributed by atoms with van der Waals surface area (Å²) in [6.07, 6.45) is 1.65. The molecule has 0 aliphatic heterocycles. The maximum atomic E-state index is 13.5. The number of nitrogens with one attached hydrogen (secondary N) is 2. The number of ether oxygens (including phenoxy) is 3. The second kappa shape index (κ2) is 11.1. The molecule has 0 aliphatic rings. The number of hydrogen-bond acceptors (Lipinski definition) is 6. The minimum atomic E-state index is -0.560. The monoisotopic (exact) mass is 472 g/mol. The molecule has 3 rings (SSSR count). The van der Waals surface area contributed by atoms with Crippen LogP contribution >= 0.6 is 11.6 Å². The molecule has 8 nitrogen and oxygen atoms in total. The van der Waals surface area contributed by atoms with Gasteiger partial charge in [-0.15, -0.1) is 0 Å². The number of halogens is 2. The fraction of sp³-hybridized carbons (Fsp3) is 0.174. The molecule has 0 saturated carbocycles. The Labute approximate surface area is 195 Å². The third kappa shape index (κ3) is 6.11. The SMILES string of the molecule is COc1cc(C(=O)NC(=NCc2ccccn2)Nc2ccc(F)c(Cl)c2)cc(OC)c1OC. The van der Waals surface area contributed by atoms with Gasteiger partial charge in [-0.2, -0.15) is 0 Å². The minimum Gasteiger partial charge on any atom is -0.493 e. The van der Waals surface area contributed by atoms with Crippen LogP contribution in [0.2, 0.25) is 5.02 Å². The molecule has 2 aromatic carbocycles. The van der Waals surface area contributed by atoms with E-state index in [1.807, 2.05) is 6.07 Å². The summed E-state index contributed by atoms with van der Waals surface area (Å²) in [6, 6.07) is 12.5. The highest BCUT2D eigenvalue weighted by Crippen LogP contribution is 2.38. The van der Waals surface area contributed by atoms with Crippen molar-refractivity contribution < 1.29 is 23.4 Å². The number of pyridine rings is 1. The number of hydrogen-bond donors (Lipinski definition) is 2. The number of methoxy groups -OCH3 is 3. The van der Waals surface area contributed by atoms with Crippen LogP contribution in [0.15, 0.2) is 59.7 Å². The van der Waals surface area contributed by atoms with Gasteiger partial charge in [0.2, 0.25) is 11.7 Å². The van der Waals surface area contributed by atoms with Crippen LogP contribution in [-0.2, 0) is 6.54 Å². The van der Waals surface area contributed by atoms with Gasteiger partial charge in [0.15, 0.2) is 11.5 Å². The Morgan fingerprint density at radius 1 is 1.06 bits per heavy atom. The van der Waals surface area contributed by atoms with Gasteiger partial charge < -0.3 is 19.5 Å². The van der Waals surface area contributed by atoms with E-state index in [2.05, 4.69) is 20.6 Å². The molecule has 0 unspecified atom stereocenters. The lowest BCUT2D eigenvalue weighted by molar-refractivity contribution is 0.0976. The Hall–Kier alpha value is -3.85. The van der Waals surface area contributed by atoms with E-state index in [0.29, 0.717) is 28.6 Å². The first-order chi connectivity index (χ1) is 15.9. The van der Waals surface area contributed by atoms with Gasteiger partial charge in [-0.25, -0.2) is 9.38 Å². The predicted octanol–water partition coefficient (Wildman–Crippen LogP) is 4.30. The highest BCUT2D eigenvalue weighted by atomic mass is 35.5. The van der Waals surface area contributed by atoms with Crippen molar-refractivity contribution in [1.82, 2.24) is 10.3 Å². The van der Waals surface area contributed by atoms with Crippen LogP contribution in [0.5, 0.6) is 17.2 Å². The smallest absolute Gasteiger partial charge is 0.258 e. The topological polar surface area (TPSA) is 94.1 Å². The third-order valence-corrected chi connectivity index (χ3v) is 4.76. The van der Waals surface area contributed by atoms with Gasteiger partial charge in [-0.05, 0) is 42.5 Å². The molecular formula is C23H22ClFN4O4. The van der Waals surface area contributed by atoms with E-state index in [9.17, 15) is 9.18 Å². The quantitative estimate of drug-likeness (QED) is 0.393. The van der Waals surface area contributed by atoms with Crippen molar-refractivity contribution in [2.45, 2.75) is 6.54 Å². The molecule has 0 spiro atoms. The van der Waals surface area contributed by atoms with Crippen molar-refractivity contribution in [1.29, 1.82) is 0 Å². The van der Waals surface area contributed by atoms with E-state index in [4.69, 9.17) is 25.8 Å². The second-order valence-electron chi connectivity index (χ2n) is 6.61. The average Bonchev–Trinajstić information content (AvgIpc) is 2.84. The number of aliphatic imine (C=N–C) groups is 1. The zero-order valence-corrected chi connectivity index (χ0v) is 18.9. The molecule has 0 bridgehead atoms. The van der Waals surface area contributed by atoms with Crippen molar-refractivity contribution in [3.05, 3.63) is 76.8 Å². The maximum Gasteiger partial charge on any atom is 0.258 e. The summed E-state index contributed by atoms with van der Waals surface area (Å²) >= 11 is 5.88. The molecule has 0 radical (unpaired) electrons. The van der Waals surface area contributed by atoms with Gasteiger partial charge in [0.1, 0.15) is 5.82 Å². The van der Waals surface area contributed by atoms with Crippen molar-refractivity contribution in [3.8, 4) is 17.2 Å². The van der Waals surface area contributed by atoms with E-state index in [1.165, 1.54) is 51.7 Å². The van der Waals surface area contributed by atoms with Crippen LogP contribution < -0.4 is 24.8 Å². The number of nitrogens with zero attached hydrogens (tertiary/aromatic N) is 2. The fourth-order valence-electron chi connectivity index (χ4n) is 2.86. The first kappa shape index (κ1) is 23.8. The van der Waals surface area contributed by atoms with E-state index < -0.39 is 11.7 Å². The summed E-state index contributed by atoms with van der Waals surface area (Å²) in [4.78, 5) is 21.7. The standard InChI is InChI=1S/C23H22ClFN4O4/c1-31-19-10-14(11-20(32-2)21(19)33-3)22(30)29-23(27-13-16-6-4-5-9-26-16)28-15-7-8-18(25)17(24)12-15/h4-12H,13H2,1-3H3,(H2,27,28,29,30). The molecule has 0 aliphatic carbocycles. The molecular weight excluding hydrogens is 451 g/mol.